The first-order valence-electron chi connectivity index (χ1n) is 7.89. The lowest BCUT2D eigenvalue weighted by Gasteiger charge is -2.54. The van der Waals surface area contributed by atoms with E-state index in [1.54, 1.807) is 14.2 Å². The van der Waals surface area contributed by atoms with Crippen LogP contribution in [-0.4, -0.2) is 27.3 Å². The van der Waals surface area contributed by atoms with Crippen LogP contribution < -0.4 is 14.8 Å². The minimum absolute atomic E-state index is 0.234. The zero-order valence-corrected chi connectivity index (χ0v) is 14.1. The average molecular weight is 291 g/mol. The quantitative estimate of drug-likeness (QED) is 0.776. The monoisotopic (exact) mass is 291 g/mol. The fourth-order valence-corrected chi connectivity index (χ4v) is 3.88. The molecule has 0 unspecified atom stereocenters. The molecule has 0 amide bonds. The Morgan fingerprint density at radius 1 is 1.10 bits per heavy atom. The van der Waals surface area contributed by atoms with Gasteiger partial charge in [-0.25, -0.2) is 0 Å². The molecule has 0 bridgehead atoms. The summed E-state index contributed by atoms with van der Waals surface area (Å²) in [4.78, 5) is 0. The average Bonchev–Trinajstić information content (AvgIpc) is 2.44. The summed E-state index contributed by atoms with van der Waals surface area (Å²) in [7, 11) is 3.39. The van der Waals surface area contributed by atoms with Crippen LogP contribution in [0.1, 0.15) is 45.6 Å². The summed E-state index contributed by atoms with van der Waals surface area (Å²) in [6, 6.07) is 6.38. The van der Waals surface area contributed by atoms with Crippen LogP contribution in [-0.2, 0) is 5.41 Å². The van der Waals surface area contributed by atoms with Crippen molar-refractivity contribution < 1.29 is 9.47 Å². The molecule has 0 aliphatic heterocycles. The van der Waals surface area contributed by atoms with Crippen LogP contribution in [0.4, 0.5) is 0 Å². The first-order valence-corrected chi connectivity index (χ1v) is 7.89. The van der Waals surface area contributed by atoms with E-state index in [4.69, 9.17) is 9.47 Å². The number of methoxy groups -OCH3 is 2. The van der Waals surface area contributed by atoms with Crippen molar-refractivity contribution in [2.45, 2.75) is 45.4 Å². The molecule has 3 heteroatoms. The molecule has 0 heterocycles. The molecule has 0 spiro atoms. The topological polar surface area (TPSA) is 30.5 Å². The predicted molar refractivity (Wildman–Crippen MR) is 87.4 cm³/mol. The van der Waals surface area contributed by atoms with E-state index in [0.29, 0.717) is 5.41 Å². The van der Waals surface area contributed by atoms with E-state index in [0.717, 1.165) is 24.6 Å². The highest BCUT2D eigenvalue weighted by Crippen LogP contribution is 2.55. The normalized spacial score (nSPS) is 18.9. The fourth-order valence-electron chi connectivity index (χ4n) is 3.88. The smallest absolute Gasteiger partial charge is 0.161 e. The molecule has 3 nitrogen and oxygen atoms in total. The van der Waals surface area contributed by atoms with Gasteiger partial charge in [0.05, 0.1) is 14.2 Å². The van der Waals surface area contributed by atoms with Crippen molar-refractivity contribution in [3.8, 4) is 11.5 Å². The Labute approximate surface area is 129 Å². The van der Waals surface area contributed by atoms with E-state index in [1.807, 2.05) is 6.07 Å². The van der Waals surface area contributed by atoms with Gasteiger partial charge in [0.1, 0.15) is 0 Å². The molecular weight excluding hydrogens is 262 g/mol. The molecule has 0 atom stereocenters. The van der Waals surface area contributed by atoms with Crippen LogP contribution >= 0.6 is 0 Å². The van der Waals surface area contributed by atoms with E-state index >= 15 is 0 Å². The number of hydrogen-bond donors (Lipinski definition) is 1. The Balaban J connectivity index is 2.25. The number of hydrogen-bond acceptors (Lipinski definition) is 3. The molecule has 1 aliphatic rings. The number of benzene rings is 1. The second-order valence-corrected chi connectivity index (χ2v) is 7.04. The largest absolute Gasteiger partial charge is 0.493 e. The minimum atomic E-state index is 0.234. The van der Waals surface area contributed by atoms with Gasteiger partial charge in [0, 0.05) is 12.0 Å². The van der Waals surface area contributed by atoms with Gasteiger partial charge in [0.25, 0.3) is 0 Å². The van der Waals surface area contributed by atoms with Gasteiger partial charge in [0.2, 0.25) is 0 Å². The maximum absolute atomic E-state index is 5.47. The molecule has 21 heavy (non-hydrogen) atoms. The van der Waals surface area contributed by atoms with E-state index in [1.165, 1.54) is 24.8 Å². The van der Waals surface area contributed by atoms with Crippen LogP contribution in [0.3, 0.4) is 0 Å². The summed E-state index contributed by atoms with van der Waals surface area (Å²) in [6.45, 7) is 9.04. The van der Waals surface area contributed by atoms with Crippen molar-refractivity contribution in [2.75, 3.05) is 27.3 Å². The van der Waals surface area contributed by atoms with Crippen molar-refractivity contribution in [3.05, 3.63) is 23.8 Å². The van der Waals surface area contributed by atoms with E-state index < -0.39 is 0 Å². The minimum Gasteiger partial charge on any atom is -0.493 e. The second kappa shape index (κ2) is 6.27. The summed E-state index contributed by atoms with van der Waals surface area (Å²) in [5, 5.41) is 3.61. The third-order valence-electron chi connectivity index (χ3n) is 4.52. The molecule has 0 radical (unpaired) electrons. The van der Waals surface area contributed by atoms with Crippen molar-refractivity contribution in [3.63, 3.8) is 0 Å². The van der Waals surface area contributed by atoms with Gasteiger partial charge >= 0.3 is 0 Å². The number of ether oxygens (including phenoxy) is 2. The van der Waals surface area contributed by atoms with Crippen LogP contribution in [0.25, 0.3) is 0 Å². The molecule has 1 aliphatic carbocycles. The van der Waals surface area contributed by atoms with Crippen LogP contribution in [0, 0.1) is 5.41 Å². The highest BCUT2D eigenvalue weighted by Gasteiger charge is 2.49. The fraction of sp³-hybridized carbons (Fsp3) is 0.667. The standard InChI is InChI=1S/C18H29NO2/c1-6-9-19-13-18(11-17(2,3)12-18)14-7-8-15(20-4)16(10-14)21-5/h7-8,10,19H,6,9,11-13H2,1-5H3. The maximum atomic E-state index is 5.47. The lowest BCUT2D eigenvalue weighted by molar-refractivity contribution is 0.0562. The zero-order valence-electron chi connectivity index (χ0n) is 14.1. The van der Waals surface area contributed by atoms with E-state index in [9.17, 15) is 0 Å². The molecular formula is C18H29NO2. The summed E-state index contributed by atoms with van der Waals surface area (Å²) in [5.41, 5.74) is 2.03. The highest BCUT2D eigenvalue weighted by molar-refractivity contribution is 5.46. The van der Waals surface area contributed by atoms with Gasteiger partial charge in [-0.3, -0.25) is 0 Å². The second-order valence-electron chi connectivity index (χ2n) is 7.04. The van der Waals surface area contributed by atoms with Gasteiger partial charge in [-0.15, -0.1) is 0 Å². The van der Waals surface area contributed by atoms with Crippen molar-refractivity contribution in [1.82, 2.24) is 5.32 Å². The third kappa shape index (κ3) is 3.34. The molecule has 0 aromatic heterocycles. The third-order valence-corrected chi connectivity index (χ3v) is 4.52. The zero-order chi connectivity index (χ0) is 15.5. The van der Waals surface area contributed by atoms with Gasteiger partial charge in [0.15, 0.2) is 11.5 Å². The SMILES string of the molecule is CCCNCC1(c2ccc(OC)c(OC)c2)CC(C)(C)C1. The first-order chi connectivity index (χ1) is 9.96. The van der Waals surface area contributed by atoms with E-state index in [2.05, 4.69) is 38.2 Å². The summed E-state index contributed by atoms with van der Waals surface area (Å²) in [5.74, 6) is 1.63. The van der Waals surface area contributed by atoms with Gasteiger partial charge in [-0.2, -0.15) is 0 Å². The molecule has 0 saturated heterocycles. The Bertz CT molecular complexity index is 474. The lowest BCUT2D eigenvalue weighted by atomic mass is 9.52. The Hall–Kier alpha value is -1.22. The van der Waals surface area contributed by atoms with Crippen LogP contribution in [0.5, 0.6) is 11.5 Å². The Kier molecular flexibility index (Phi) is 4.82. The van der Waals surface area contributed by atoms with Crippen molar-refractivity contribution in [1.29, 1.82) is 0 Å². The summed E-state index contributed by atoms with van der Waals surface area (Å²) in [6.07, 6.45) is 3.60. The first kappa shape index (κ1) is 16.2. The molecule has 1 aromatic rings. The van der Waals surface area contributed by atoms with Crippen LogP contribution in [0.2, 0.25) is 0 Å². The van der Waals surface area contributed by atoms with Gasteiger partial charge < -0.3 is 14.8 Å². The lowest BCUT2D eigenvalue weighted by Crippen LogP contribution is -2.52. The molecule has 1 saturated carbocycles. The molecule has 1 fully saturated rings. The summed E-state index contributed by atoms with van der Waals surface area (Å²) >= 11 is 0. The number of nitrogens with one attached hydrogen (secondary N) is 1. The molecule has 1 N–H and O–H groups in total. The van der Waals surface area contributed by atoms with Crippen molar-refractivity contribution in [2.24, 2.45) is 5.41 Å². The molecule has 118 valence electrons. The Morgan fingerprint density at radius 3 is 2.29 bits per heavy atom. The van der Waals surface area contributed by atoms with Crippen molar-refractivity contribution >= 4 is 0 Å². The van der Waals surface area contributed by atoms with Gasteiger partial charge in [-0.1, -0.05) is 26.8 Å². The predicted octanol–water partition coefficient (Wildman–Crippen LogP) is 3.76. The van der Waals surface area contributed by atoms with Gasteiger partial charge in [-0.05, 0) is 48.9 Å². The molecule has 2 rings (SSSR count). The summed E-state index contributed by atoms with van der Waals surface area (Å²) < 4.78 is 10.8. The maximum Gasteiger partial charge on any atom is 0.161 e. The number of rotatable bonds is 7. The molecule has 1 aromatic carbocycles. The highest BCUT2D eigenvalue weighted by atomic mass is 16.5. The van der Waals surface area contributed by atoms with Crippen LogP contribution in [0.15, 0.2) is 18.2 Å². The Morgan fingerprint density at radius 2 is 1.76 bits per heavy atom. The van der Waals surface area contributed by atoms with E-state index in [-0.39, 0.29) is 5.41 Å².